The lowest BCUT2D eigenvalue weighted by Gasteiger charge is -2.46. The Hall–Kier alpha value is -0.860. The van der Waals surface area contributed by atoms with Crippen LogP contribution in [0, 0.1) is 5.92 Å². The fraction of sp³-hybridized carbons (Fsp3) is 0.571. The first-order chi connectivity index (χ1) is 7.75. The highest BCUT2D eigenvalue weighted by Gasteiger charge is 2.41. The van der Waals surface area contributed by atoms with Crippen molar-refractivity contribution in [3.05, 3.63) is 35.9 Å². The second-order valence-corrected chi connectivity index (χ2v) is 5.34. The molecule has 0 amide bonds. The van der Waals surface area contributed by atoms with Gasteiger partial charge in [-0.2, -0.15) is 0 Å². The average Bonchev–Trinajstić information content (AvgIpc) is 2.28. The van der Waals surface area contributed by atoms with Gasteiger partial charge in [0, 0.05) is 6.04 Å². The largest absolute Gasteiger partial charge is 0.376 e. The lowest BCUT2D eigenvalue weighted by atomic mass is 9.74. The molecule has 1 heterocycles. The minimum Gasteiger partial charge on any atom is -0.376 e. The Morgan fingerprint density at radius 3 is 2.81 bits per heavy atom. The van der Waals surface area contributed by atoms with Gasteiger partial charge in [-0.1, -0.05) is 36.8 Å². The zero-order chi connectivity index (χ0) is 11.0. The number of benzene rings is 1. The van der Waals surface area contributed by atoms with Gasteiger partial charge >= 0.3 is 0 Å². The van der Waals surface area contributed by atoms with Gasteiger partial charge in [0.15, 0.2) is 0 Å². The summed E-state index contributed by atoms with van der Waals surface area (Å²) >= 11 is 0. The van der Waals surface area contributed by atoms with Crippen LogP contribution in [0.25, 0.3) is 0 Å². The highest BCUT2D eigenvalue weighted by molar-refractivity contribution is 5.20. The van der Waals surface area contributed by atoms with Crippen molar-refractivity contribution < 1.29 is 5.11 Å². The topological polar surface area (TPSA) is 32.3 Å². The molecule has 2 heteroatoms. The molecule has 1 saturated carbocycles. The van der Waals surface area contributed by atoms with Crippen LogP contribution < -0.4 is 5.32 Å². The fourth-order valence-electron chi connectivity index (χ4n) is 3.32. The third kappa shape index (κ3) is 1.87. The van der Waals surface area contributed by atoms with Crippen molar-refractivity contribution in [3.63, 3.8) is 0 Å². The van der Waals surface area contributed by atoms with Crippen LogP contribution in [0.4, 0.5) is 0 Å². The van der Waals surface area contributed by atoms with Gasteiger partial charge in [-0.25, -0.2) is 0 Å². The van der Waals surface area contributed by atoms with Gasteiger partial charge in [0.25, 0.3) is 0 Å². The quantitative estimate of drug-likeness (QED) is 0.758. The first kappa shape index (κ1) is 10.3. The van der Waals surface area contributed by atoms with Gasteiger partial charge < -0.3 is 5.11 Å². The monoisotopic (exact) mass is 217 g/mol. The van der Waals surface area contributed by atoms with E-state index in [4.69, 9.17) is 0 Å². The summed E-state index contributed by atoms with van der Waals surface area (Å²) in [4.78, 5) is 0. The summed E-state index contributed by atoms with van der Waals surface area (Å²) in [5, 5.41) is 13.9. The van der Waals surface area contributed by atoms with Crippen molar-refractivity contribution in [2.45, 2.75) is 43.9 Å². The van der Waals surface area contributed by atoms with Gasteiger partial charge in [-0.15, -0.1) is 0 Å². The second-order valence-electron chi connectivity index (χ2n) is 5.34. The molecule has 0 aromatic heterocycles. The van der Waals surface area contributed by atoms with Crippen LogP contribution in [-0.4, -0.2) is 10.8 Å². The van der Waals surface area contributed by atoms with Crippen LogP contribution in [-0.2, 0) is 0 Å². The molecule has 2 N–H and O–H groups in total. The van der Waals surface area contributed by atoms with E-state index in [0.29, 0.717) is 12.0 Å². The van der Waals surface area contributed by atoms with Gasteiger partial charge in [-0.3, -0.25) is 5.32 Å². The normalized spacial score (nSPS) is 38.3. The molecule has 1 aromatic carbocycles. The molecule has 2 aliphatic rings. The number of piperidine rings is 1. The van der Waals surface area contributed by atoms with E-state index >= 15 is 0 Å². The van der Waals surface area contributed by atoms with E-state index in [9.17, 15) is 5.11 Å². The highest BCUT2D eigenvalue weighted by Crippen LogP contribution is 2.42. The molecular weight excluding hydrogens is 198 g/mol. The molecule has 1 aliphatic carbocycles. The van der Waals surface area contributed by atoms with Crippen molar-refractivity contribution in [1.82, 2.24) is 5.32 Å². The predicted molar refractivity (Wildman–Crippen MR) is 63.8 cm³/mol. The summed E-state index contributed by atoms with van der Waals surface area (Å²) in [5.74, 6) is 0.699. The SMILES string of the molecule is OC12CCCC(CC(c3ccccc3)N1)C2. The van der Waals surface area contributed by atoms with Crippen molar-refractivity contribution in [2.75, 3.05) is 0 Å². The van der Waals surface area contributed by atoms with Crippen LogP contribution >= 0.6 is 0 Å². The summed E-state index contributed by atoms with van der Waals surface area (Å²) in [7, 11) is 0. The number of hydrogen-bond donors (Lipinski definition) is 2. The molecule has 1 aliphatic heterocycles. The van der Waals surface area contributed by atoms with E-state index < -0.39 is 5.72 Å². The summed E-state index contributed by atoms with van der Waals surface area (Å²) in [5.41, 5.74) is 0.717. The number of rotatable bonds is 1. The Kier molecular flexibility index (Phi) is 2.49. The molecule has 2 fully saturated rings. The van der Waals surface area contributed by atoms with Gasteiger partial charge in [-0.05, 0) is 37.2 Å². The molecule has 86 valence electrons. The third-order valence-electron chi connectivity index (χ3n) is 4.04. The van der Waals surface area contributed by atoms with E-state index in [2.05, 4.69) is 29.6 Å². The molecule has 3 rings (SSSR count). The second kappa shape index (κ2) is 3.86. The summed E-state index contributed by atoms with van der Waals surface area (Å²) in [6.07, 6.45) is 5.47. The molecule has 1 aromatic rings. The molecular formula is C14H19NO. The molecule has 2 bridgehead atoms. The van der Waals surface area contributed by atoms with Gasteiger partial charge in [0.2, 0.25) is 0 Å². The van der Waals surface area contributed by atoms with Crippen LogP contribution in [0.2, 0.25) is 0 Å². The van der Waals surface area contributed by atoms with E-state index in [1.807, 2.05) is 6.07 Å². The zero-order valence-electron chi connectivity index (χ0n) is 9.52. The maximum Gasteiger partial charge on any atom is 0.116 e. The highest BCUT2D eigenvalue weighted by atomic mass is 16.3. The van der Waals surface area contributed by atoms with Crippen LogP contribution in [0.5, 0.6) is 0 Å². The number of nitrogens with one attached hydrogen (secondary N) is 1. The van der Waals surface area contributed by atoms with E-state index in [1.165, 1.54) is 18.4 Å². The molecule has 0 radical (unpaired) electrons. The van der Waals surface area contributed by atoms with E-state index in [0.717, 1.165) is 19.3 Å². The minimum atomic E-state index is -0.596. The Bertz CT molecular complexity index is 364. The summed E-state index contributed by atoms with van der Waals surface area (Å²) in [6, 6.07) is 10.8. The standard InChI is InChI=1S/C14H19NO/c16-14-8-4-5-11(10-14)9-13(15-14)12-6-2-1-3-7-12/h1-3,6-7,11,13,15-16H,4-5,8-10H2. The third-order valence-corrected chi connectivity index (χ3v) is 4.04. The Morgan fingerprint density at radius 1 is 1.25 bits per heavy atom. The summed E-state index contributed by atoms with van der Waals surface area (Å²) in [6.45, 7) is 0. The van der Waals surface area contributed by atoms with Crippen molar-refractivity contribution in [1.29, 1.82) is 0 Å². The first-order valence-electron chi connectivity index (χ1n) is 6.30. The van der Waals surface area contributed by atoms with Crippen molar-refractivity contribution >= 4 is 0 Å². The predicted octanol–water partition coefficient (Wildman–Crippen LogP) is 2.60. The van der Waals surface area contributed by atoms with Gasteiger partial charge in [0.05, 0.1) is 0 Å². The average molecular weight is 217 g/mol. The van der Waals surface area contributed by atoms with Gasteiger partial charge in [0.1, 0.15) is 5.72 Å². The molecule has 3 unspecified atom stereocenters. The maximum absolute atomic E-state index is 10.4. The van der Waals surface area contributed by atoms with Crippen LogP contribution in [0.1, 0.15) is 43.7 Å². The van der Waals surface area contributed by atoms with E-state index in [1.54, 1.807) is 0 Å². The summed E-state index contributed by atoms with van der Waals surface area (Å²) < 4.78 is 0. The number of fused-ring (bicyclic) bond motifs is 2. The van der Waals surface area contributed by atoms with Crippen molar-refractivity contribution in [3.8, 4) is 0 Å². The molecule has 16 heavy (non-hydrogen) atoms. The first-order valence-corrected chi connectivity index (χ1v) is 6.30. The number of aliphatic hydroxyl groups is 1. The Balaban J connectivity index is 1.83. The van der Waals surface area contributed by atoms with Crippen LogP contribution in [0.15, 0.2) is 30.3 Å². The Morgan fingerprint density at radius 2 is 2.06 bits per heavy atom. The maximum atomic E-state index is 10.4. The smallest absolute Gasteiger partial charge is 0.116 e. The lowest BCUT2D eigenvalue weighted by molar-refractivity contribution is -0.0828. The molecule has 1 saturated heterocycles. The molecule has 0 spiro atoms. The van der Waals surface area contributed by atoms with E-state index in [-0.39, 0.29) is 0 Å². The fourth-order valence-corrected chi connectivity index (χ4v) is 3.32. The Labute approximate surface area is 96.7 Å². The minimum absolute atomic E-state index is 0.338. The van der Waals surface area contributed by atoms with Crippen LogP contribution in [0.3, 0.4) is 0 Å². The number of hydrogen-bond acceptors (Lipinski definition) is 2. The van der Waals surface area contributed by atoms with Crippen molar-refractivity contribution in [2.24, 2.45) is 5.92 Å². The molecule has 2 nitrogen and oxygen atoms in total. The zero-order valence-corrected chi connectivity index (χ0v) is 9.52. The molecule has 3 atom stereocenters. The lowest BCUT2D eigenvalue weighted by Crippen LogP contribution is -2.54.